The molecule has 3 atom stereocenters. The van der Waals surface area contributed by atoms with Crippen LogP contribution >= 0.6 is 0 Å². The first-order valence-electron chi connectivity index (χ1n) is 8.91. The summed E-state index contributed by atoms with van der Waals surface area (Å²) in [5.74, 6) is 0.448. The quantitative estimate of drug-likeness (QED) is 0.470. The zero-order valence-electron chi connectivity index (χ0n) is 15.4. The molecule has 0 saturated carbocycles. The number of amides is 1. The maximum atomic E-state index is 11.7. The standard InChI is InChI=1S/C20H23N3O5/c1-12(22-10-17(25)13-2-6-15(24)7-3-13)11-27-16-8-4-14(5-9-16)18-19(26)23-20(21)28-18/h2-9,12,17-18,22,24-25H,10-11H2,1H3,(H2,21,23,26). The van der Waals surface area contributed by atoms with Crippen molar-refractivity contribution < 1.29 is 24.5 Å². The first kappa shape index (κ1) is 19.7. The Balaban J connectivity index is 1.44. The molecule has 1 heterocycles. The van der Waals surface area contributed by atoms with Gasteiger partial charge in [0.2, 0.25) is 6.10 Å². The van der Waals surface area contributed by atoms with Crippen LogP contribution in [0.25, 0.3) is 0 Å². The van der Waals surface area contributed by atoms with Crippen molar-refractivity contribution in [3.63, 3.8) is 0 Å². The lowest BCUT2D eigenvalue weighted by atomic mass is 10.1. The smallest absolute Gasteiger partial charge is 0.289 e. The molecular weight excluding hydrogens is 362 g/mol. The number of nitrogens with one attached hydrogen (secondary N) is 3. The summed E-state index contributed by atoms with van der Waals surface area (Å²) in [7, 11) is 0. The van der Waals surface area contributed by atoms with Gasteiger partial charge in [0.05, 0.1) is 6.10 Å². The van der Waals surface area contributed by atoms with E-state index in [2.05, 4.69) is 10.6 Å². The second-order valence-corrected chi connectivity index (χ2v) is 6.61. The number of carbonyl (C=O) groups excluding carboxylic acids is 1. The van der Waals surface area contributed by atoms with E-state index >= 15 is 0 Å². The zero-order valence-corrected chi connectivity index (χ0v) is 15.4. The van der Waals surface area contributed by atoms with Gasteiger partial charge in [0, 0.05) is 18.2 Å². The van der Waals surface area contributed by atoms with Gasteiger partial charge in [0.1, 0.15) is 18.1 Å². The van der Waals surface area contributed by atoms with Crippen molar-refractivity contribution in [3.05, 3.63) is 59.7 Å². The summed E-state index contributed by atoms with van der Waals surface area (Å²) in [6.45, 7) is 2.70. The summed E-state index contributed by atoms with van der Waals surface area (Å²) in [6, 6.07) is 13.1. The lowest BCUT2D eigenvalue weighted by Crippen LogP contribution is -2.34. The molecule has 148 valence electrons. The van der Waals surface area contributed by atoms with E-state index in [0.717, 1.165) is 5.56 Å². The number of benzene rings is 2. The molecule has 8 heteroatoms. The lowest BCUT2D eigenvalue weighted by molar-refractivity contribution is -0.123. The van der Waals surface area contributed by atoms with Crippen molar-refractivity contribution in [2.45, 2.75) is 25.2 Å². The number of hydrogen-bond acceptors (Lipinski definition) is 7. The summed E-state index contributed by atoms with van der Waals surface area (Å²) < 4.78 is 10.9. The van der Waals surface area contributed by atoms with E-state index < -0.39 is 12.2 Å². The van der Waals surface area contributed by atoms with Crippen molar-refractivity contribution in [3.8, 4) is 11.5 Å². The Hall–Kier alpha value is -3.10. The predicted molar refractivity (Wildman–Crippen MR) is 102 cm³/mol. The summed E-state index contributed by atoms with van der Waals surface area (Å²) in [6.07, 6.45) is -1.48. The Morgan fingerprint density at radius 2 is 1.89 bits per heavy atom. The topological polar surface area (TPSA) is 124 Å². The van der Waals surface area contributed by atoms with Gasteiger partial charge in [-0.1, -0.05) is 24.3 Å². The predicted octanol–water partition coefficient (Wildman–Crippen LogP) is 1.60. The van der Waals surface area contributed by atoms with Gasteiger partial charge >= 0.3 is 0 Å². The van der Waals surface area contributed by atoms with Crippen molar-refractivity contribution in [2.24, 2.45) is 0 Å². The molecule has 1 aliphatic rings. The largest absolute Gasteiger partial charge is 0.508 e. The van der Waals surface area contributed by atoms with Gasteiger partial charge in [-0.15, -0.1) is 0 Å². The van der Waals surface area contributed by atoms with Crippen LogP contribution in [0.3, 0.4) is 0 Å². The molecule has 2 aromatic rings. The molecule has 8 nitrogen and oxygen atoms in total. The second kappa shape index (κ2) is 8.73. The molecule has 5 N–H and O–H groups in total. The molecule has 0 aromatic heterocycles. The number of phenols is 1. The van der Waals surface area contributed by atoms with Gasteiger partial charge in [-0.2, -0.15) is 0 Å². The normalized spacial score (nSPS) is 18.3. The maximum absolute atomic E-state index is 11.7. The maximum Gasteiger partial charge on any atom is 0.289 e. The van der Waals surface area contributed by atoms with E-state index in [1.807, 2.05) is 6.92 Å². The third-order valence-electron chi connectivity index (χ3n) is 4.33. The fraction of sp³-hybridized carbons (Fsp3) is 0.300. The minimum Gasteiger partial charge on any atom is -0.508 e. The van der Waals surface area contributed by atoms with E-state index in [4.69, 9.17) is 14.9 Å². The number of rotatable bonds is 8. The Kier molecular flexibility index (Phi) is 6.13. The SMILES string of the molecule is CC(COc1ccc(C2OC(=N)NC2=O)cc1)NCC(O)c1ccc(O)cc1. The highest BCUT2D eigenvalue weighted by Gasteiger charge is 2.31. The van der Waals surface area contributed by atoms with Gasteiger partial charge in [-0.3, -0.25) is 15.5 Å². The molecule has 0 radical (unpaired) electrons. The van der Waals surface area contributed by atoms with Crippen LogP contribution in [0.5, 0.6) is 11.5 Å². The molecular formula is C20H23N3O5. The first-order valence-corrected chi connectivity index (χ1v) is 8.91. The van der Waals surface area contributed by atoms with Crippen LogP contribution in [-0.4, -0.2) is 41.3 Å². The van der Waals surface area contributed by atoms with Gasteiger partial charge in [-0.25, -0.2) is 0 Å². The molecule has 0 bridgehead atoms. The van der Waals surface area contributed by atoms with Crippen LogP contribution in [0.15, 0.2) is 48.5 Å². The molecule has 0 spiro atoms. The highest BCUT2D eigenvalue weighted by atomic mass is 16.5. The summed E-state index contributed by atoms with van der Waals surface area (Å²) in [5.41, 5.74) is 1.37. The number of phenolic OH excluding ortho intramolecular Hbond substituents is 1. The van der Waals surface area contributed by atoms with Crippen LogP contribution in [-0.2, 0) is 9.53 Å². The third-order valence-corrected chi connectivity index (χ3v) is 4.33. The summed E-state index contributed by atoms with van der Waals surface area (Å²) in [4.78, 5) is 11.7. The zero-order chi connectivity index (χ0) is 20.1. The highest BCUT2D eigenvalue weighted by Crippen LogP contribution is 2.24. The van der Waals surface area contributed by atoms with Crippen LogP contribution in [0, 0.1) is 5.41 Å². The number of aliphatic hydroxyl groups is 1. The number of carbonyl (C=O) groups is 1. The second-order valence-electron chi connectivity index (χ2n) is 6.61. The molecule has 1 fully saturated rings. The molecule has 3 unspecified atom stereocenters. The molecule has 1 aliphatic heterocycles. The number of hydrogen-bond donors (Lipinski definition) is 5. The fourth-order valence-corrected chi connectivity index (χ4v) is 2.74. The Bertz CT molecular complexity index is 823. The van der Waals surface area contributed by atoms with E-state index in [0.29, 0.717) is 24.5 Å². The van der Waals surface area contributed by atoms with Crippen molar-refractivity contribution in [1.82, 2.24) is 10.6 Å². The minimum absolute atomic E-state index is 0.00384. The van der Waals surface area contributed by atoms with Gasteiger partial charge in [-0.05, 0) is 36.8 Å². The average Bonchev–Trinajstić information content (AvgIpc) is 3.03. The summed E-state index contributed by atoms with van der Waals surface area (Å²) >= 11 is 0. The Labute approximate surface area is 162 Å². The molecule has 3 rings (SSSR count). The van der Waals surface area contributed by atoms with E-state index in [9.17, 15) is 15.0 Å². The van der Waals surface area contributed by atoms with Gasteiger partial charge in [0.25, 0.3) is 11.9 Å². The monoisotopic (exact) mass is 385 g/mol. The fourth-order valence-electron chi connectivity index (χ4n) is 2.74. The van der Waals surface area contributed by atoms with Crippen LogP contribution in [0.2, 0.25) is 0 Å². The molecule has 0 aliphatic carbocycles. The molecule has 2 aromatic carbocycles. The molecule has 28 heavy (non-hydrogen) atoms. The van der Waals surface area contributed by atoms with Crippen molar-refractivity contribution in [2.75, 3.05) is 13.2 Å². The highest BCUT2D eigenvalue weighted by molar-refractivity contribution is 6.01. The molecule has 1 saturated heterocycles. The van der Waals surface area contributed by atoms with E-state index in [-0.39, 0.29) is 23.7 Å². The van der Waals surface area contributed by atoms with Gasteiger partial charge < -0.3 is 25.0 Å². The molecule has 1 amide bonds. The Morgan fingerprint density at radius 1 is 1.21 bits per heavy atom. The minimum atomic E-state index is -0.802. The first-order chi connectivity index (χ1) is 13.4. The summed E-state index contributed by atoms with van der Waals surface area (Å²) in [5, 5.41) is 32.3. The van der Waals surface area contributed by atoms with Crippen LogP contribution < -0.4 is 15.4 Å². The average molecular weight is 385 g/mol. The van der Waals surface area contributed by atoms with Crippen molar-refractivity contribution >= 4 is 11.9 Å². The van der Waals surface area contributed by atoms with E-state index in [1.54, 1.807) is 36.4 Å². The van der Waals surface area contributed by atoms with Gasteiger partial charge in [0.15, 0.2) is 0 Å². The number of ether oxygens (including phenoxy) is 2. The lowest BCUT2D eigenvalue weighted by Gasteiger charge is -2.18. The number of aromatic hydroxyl groups is 1. The van der Waals surface area contributed by atoms with E-state index in [1.165, 1.54) is 12.1 Å². The number of amidine groups is 1. The van der Waals surface area contributed by atoms with Crippen LogP contribution in [0.4, 0.5) is 0 Å². The Morgan fingerprint density at radius 3 is 2.50 bits per heavy atom. The third kappa shape index (κ3) is 4.99. The van der Waals surface area contributed by atoms with Crippen molar-refractivity contribution in [1.29, 1.82) is 5.41 Å². The van der Waals surface area contributed by atoms with Crippen LogP contribution in [0.1, 0.15) is 30.3 Å². The number of aliphatic hydroxyl groups excluding tert-OH is 1.